The average Bonchev–Trinajstić information content (AvgIpc) is 3.06. The first-order valence-electron chi connectivity index (χ1n) is 8.71. The molecule has 0 aliphatic carbocycles. The third-order valence-corrected chi connectivity index (χ3v) is 4.83. The number of benzene rings is 1. The van der Waals surface area contributed by atoms with Gasteiger partial charge in [-0.15, -0.1) is 0 Å². The van der Waals surface area contributed by atoms with Gasteiger partial charge in [0.05, 0.1) is 42.6 Å². The van der Waals surface area contributed by atoms with Gasteiger partial charge in [-0.1, -0.05) is 0 Å². The Morgan fingerprint density at radius 3 is 2.45 bits per heavy atom. The number of carbonyl (C=O) groups is 2. The zero-order valence-electron chi connectivity index (χ0n) is 15.4. The fraction of sp³-hybridized carbons (Fsp3) is 0.389. The van der Waals surface area contributed by atoms with Gasteiger partial charge in [0.1, 0.15) is 5.69 Å². The van der Waals surface area contributed by atoms with E-state index in [2.05, 4.69) is 10.4 Å². The first kappa shape index (κ1) is 21.2. The van der Waals surface area contributed by atoms with E-state index in [1.54, 1.807) is 0 Å². The van der Waals surface area contributed by atoms with Crippen molar-refractivity contribution in [1.29, 1.82) is 0 Å². The number of alkyl halides is 3. The van der Waals surface area contributed by atoms with E-state index in [4.69, 9.17) is 4.74 Å². The number of ether oxygens (including phenoxy) is 1. The summed E-state index contributed by atoms with van der Waals surface area (Å²) in [4.78, 5) is 26.9. The highest BCUT2D eigenvalue weighted by molar-refractivity contribution is 7.59. The number of nitrogens with one attached hydrogen (secondary N) is 1. The van der Waals surface area contributed by atoms with Crippen molar-refractivity contribution >= 4 is 31.0 Å². The molecule has 0 radical (unpaired) electrons. The molecule has 29 heavy (non-hydrogen) atoms. The summed E-state index contributed by atoms with van der Waals surface area (Å²) in [5, 5.41) is 6.93. The fourth-order valence-electron chi connectivity index (χ4n) is 3.26. The zero-order valence-corrected chi connectivity index (χ0v) is 16.4. The molecule has 1 atom stereocenters. The van der Waals surface area contributed by atoms with Crippen LogP contribution in [0, 0.1) is 0 Å². The van der Waals surface area contributed by atoms with Gasteiger partial charge in [0.2, 0.25) is 0 Å². The molecular formula is C18H19F3N4O3S. The molecule has 3 heterocycles. The minimum absolute atomic E-state index is 0. The molecule has 2 aromatic rings. The predicted octanol–water partition coefficient (Wildman–Crippen LogP) is 2.36. The van der Waals surface area contributed by atoms with Crippen molar-refractivity contribution in [2.24, 2.45) is 0 Å². The molecule has 2 amide bonds. The van der Waals surface area contributed by atoms with Gasteiger partial charge in [-0.3, -0.25) is 14.3 Å². The van der Waals surface area contributed by atoms with Gasteiger partial charge in [-0.25, -0.2) is 0 Å². The number of fused-ring (bicyclic) bond motifs is 1. The van der Waals surface area contributed by atoms with E-state index >= 15 is 0 Å². The normalized spacial score (nSPS) is 19.2. The molecule has 1 fully saturated rings. The molecule has 4 rings (SSSR count). The summed E-state index contributed by atoms with van der Waals surface area (Å²) in [6, 6.07) is 4.02. The lowest BCUT2D eigenvalue weighted by atomic mass is 10.1. The standard InChI is InChI=1S/C18H17F3N4O3.H2S/c1-10-7-24(13-4-2-11(3-5-13)18(19,20)21)17(27)15-14(6-22-25(10)15)16(26)23-12-8-28-9-12;/h2-6,10,12H,7-9H2,1H3,(H,23,26);1H2/t10-;/m0./s1. The van der Waals surface area contributed by atoms with Gasteiger partial charge in [-0.05, 0) is 31.2 Å². The number of rotatable bonds is 3. The highest BCUT2D eigenvalue weighted by Gasteiger charge is 2.36. The molecule has 1 aromatic heterocycles. The molecule has 2 aliphatic rings. The van der Waals surface area contributed by atoms with E-state index in [1.165, 1.54) is 27.9 Å². The van der Waals surface area contributed by atoms with Crippen LogP contribution in [0.3, 0.4) is 0 Å². The van der Waals surface area contributed by atoms with Crippen LogP contribution in [0.1, 0.15) is 39.4 Å². The number of amides is 2. The lowest BCUT2D eigenvalue weighted by Gasteiger charge is -2.32. The number of nitrogens with zero attached hydrogens (tertiary/aromatic N) is 3. The maximum absolute atomic E-state index is 13.0. The molecule has 156 valence electrons. The first-order valence-corrected chi connectivity index (χ1v) is 8.71. The molecular weight excluding hydrogens is 409 g/mol. The van der Waals surface area contributed by atoms with Gasteiger partial charge in [0.15, 0.2) is 0 Å². The van der Waals surface area contributed by atoms with Crippen LogP contribution in [0.25, 0.3) is 0 Å². The van der Waals surface area contributed by atoms with E-state index in [0.717, 1.165) is 12.1 Å². The van der Waals surface area contributed by atoms with Crippen molar-refractivity contribution in [2.45, 2.75) is 25.2 Å². The van der Waals surface area contributed by atoms with Crippen molar-refractivity contribution in [3.8, 4) is 0 Å². The van der Waals surface area contributed by atoms with Gasteiger partial charge in [0.25, 0.3) is 11.8 Å². The molecule has 1 N–H and O–H groups in total. The summed E-state index contributed by atoms with van der Waals surface area (Å²) in [5.41, 5.74) is -0.200. The predicted molar refractivity (Wildman–Crippen MR) is 103 cm³/mol. The average molecular weight is 428 g/mol. The largest absolute Gasteiger partial charge is 0.416 e. The number of carbonyl (C=O) groups excluding carboxylic acids is 2. The second-order valence-electron chi connectivity index (χ2n) is 6.87. The molecule has 0 saturated carbocycles. The summed E-state index contributed by atoms with van der Waals surface area (Å²) < 4.78 is 44.9. The number of halogens is 3. The highest BCUT2D eigenvalue weighted by atomic mass is 32.1. The van der Waals surface area contributed by atoms with Crippen LogP contribution >= 0.6 is 13.5 Å². The Hall–Kier alpha value is -2.53. The van der Waals surface area contributed by atoms with E-state index in [0.29, 0.717) is 18.9 Å². The number of hydrogen-bond acceptors (Lipinski definition) is 4. The minimum atomic E-state index is -4.45. The molecule has 0 bridgehead atoms. The number of aromatic nitrogens is 2. The smallest absolute Gasteiger partial charge is 0.377 e. The Balaban J connectivity index is 0.00000240. The summed E-state index contributed by atoms with van der Waals surface area (Å²) in [6.07, 6.45) is -3.11. The molecule has 1 saturated heterocycles. The molecule has 11 heteroatoms. The van der Waals surface area contributed by atoms with Crippen LogP contribution in [-0.4, -0.2) is 47.4 Å². The van der Waals surface area contributed by atoms with Crippen molar-refractivity contribution in [2.75, 3.05) is 24.7 Å². The Morgan fingerprint density at radius 1 is 1.24 bits per heavy atom. The van der Waals surface area contributed by atoms with E-state index in [1.807, 2.05) is 6.92 Å². The topological polar surface area (TPSA) is 76.5 Å². The molecule has 0 unspecified atom stereocenters. The lowest BCUT2D eigenvalue weighted by molar-refractivity contribution is -0.137. The van der Waals surface area contributed by atoms with Crippen LogP contribution in [0.15, 0.2) is 30.5 Å². The molecule has 7 nitrogen and oxygen atoms in total. The lowest BCUT2D eigenvalue weighted by Crippen LogP contribution is -2.49. The molecule has 1 aromatic carbocycles. The molecule has 0 spiro atoms. The first-order chi connectivity index (χ1) is 13.3. The monoisotopic (exact) mass is 428 g/mol. The minimum Gasteiger partial charge on any atom is -0.377 e. The van der Waals surface area contributed by atoms with Crippen molar-refractivity contribution in [3.05, 3.63) is 47.3 Å². The van der Waals surface area contributed by atoms with Crippen molar-refractivity contribution in [3.63, 3.8) is 0 Å². The third kappa shape index (κ3) is 3.84. The van der Waals surface area contributed by atoms with Crippen LogP contribution in [0.2, 0.25) is 0 Å². The highest BCUT2D eigenvalue weighted by Crippen LogP contribution is 2.32. The number of anilines is 1. The third-order valence-electron chi connectivity index (χ3n) is 4.83. The van der Waals surface area contributed by atoms with Crippen LogP contribution in [0.4, 0.5) is 18.9 Å². The summed E-state index contributed by atoms with van der Waals surface area (Å²) in [5.74, 6) is -0.908. The van der Waals surface area contributed by atoms with Crippen molar-refractivity contribution < 1.29 is 27.5 Å². The second-order valence-corrected chi connectivity index (χ2v) is 6.87. The maximum Gasteiger partial charge on any atom is 0.416 e. The van der Waals surface area contributed by atoms with Gasteiger partial charge >= 0.3 is 6.18 Å². The Morgan fingerprint density at radius 2 is 1.90 bits per heavy atom. The van der Waals surface area contributed by atoms with E-state index in [9.17, 15) is 22.8 Å². The summed E-state index contributed by atoms with van der Waals surface area (Å²) >= 11 is 0. The quantitative estimate of drug-likeness (QED) is 0.815. The van der Waals surface area contributed by atoms with Gasteiger partial charge in [-0.2, -0.15) is 31.8 Å². The van der Waals surface area contributed by atoms with Gasteiger partial charge in [0, 0.05) is 12.2 Å². The SMILES string of the molecule is C[C@H]1CN(c2ccc(C(F)(F)F)cc2)C(=O)c2c(C(=O)NC3COC3)cnn21.S. The van der Waals surface area contributed by atoms with Gasteiger partial charge < -0.3 is 15.0 Å². The van der Waals surface area contributed by atoms with Crippen LogP contribution in [-0.2, 0) is 10.9 Å². The van der Waals surface area contributed by atoms with Crippen LogP contribution in [0.5, 0.6) is 0 Å². The van der Waals surface area contributed by atoms with E-state index in [-0.39, 0.29) is 43.4 Å². The zero-order chi connectivity index (χ0) is 20.1. The second kappa shape index (κ2) is 7.71. The summed E-state index contributed by atoms with van der Waals surface area (Å²) in [6.45, 7) is 2.88. The number of hydrogen-bond donors (Lipinski definition) is 1. The Bertz CT molecular complexity index is 925. The van der Waals surface area contributed by atoms with Crippen LogP contribution < -0.4 is 10.2 Å². The van der Waals surface area contributed by atoms with E-state index < -0.39 is 23.6 Å². The molecule has 2 aliphatic heterocycles. The fourth-order valence-corrected chi connectivity index (χ4v) is 3.26. The maximum atomic E-state index is 13.0. The summed E-state index contributed by atoms with van der Waals surface area (Å²) in [7, 11) is 0. The van der Waals surface area contributed by atoms with Crippen molar-refractivity contribution in [1.82, 2.24) is 15.1 Å². The Labute approximate surface area is 171 Å². The Kier molecular flexibility index (Phi) is 5.63.